The highest BCUT2D eigenvalue weighted by Crippen LogP contribution is 2.41. The highest BCUT2D eigenvalue weighted by molar-refractivity contribution is 5.35. The van der Waals surface area contributed by atoms with Crippen LogP contribution in [0.1, 0.15) is 32.4 Å². The van der Waals surface area contributed by atoms with Crippen molar-refractivity contribution in [1.29, 1.82) is 0 Å². The maximum atomic E-state index is 4.10. The summed E-state index contributed by atoms with van der Waals surface area (Å²) in [4.78, 5) is 0. The second-order valence-corrected chi connectivity index (χ2v) is 4.78. The second kappa shape index (κ2) is 3.23. The molecule has 14 heavy (non-hydrogen) atoms. The van der Waals surface area contributed by atoms with Gasteiger partial charge in [0.15, 0.2) is 0 Å². The molecule has 3 heteroatoms. The summed E-state index contributed by atoms with van der Waals surface area (Å²) in [5.41, 5.74) is 1.37. The summed E-state index contributed by atoms with van der Waals surface area (Å²) < 4.78 is 0. The Hall–Kier alpha value is -1.12. The lowest BCUT2D eigenvalue weighted by molar-refractivity contribution is 0.159. The molecule has 0 bridgehead atoms. The summed E-state index contributed by atoms with van der Waals surface area (Å²) in [6, 6.07) is 4.54. The van der Waals surface area contributed by atoms with Crippen LogP contribution in [0.4, 0.5) is 5.82 Å². The molecule has 1 unspecified atom stereocenters. The van der Waals surface area contributed by atoms with E-state index in [1.165, 1.54) is 12.8 Å². The van der Waals surface area contributed by atoms with E-state index in [1.807, 2.05) is 19.1 Å². The Labute approximate surface area is 84.9 Å². The first-order valence-corrected chi connectivity index (χ1v) is 5.15. The highest BCUT2D eigenvalue weighted by atomic mass is 15.2. The summed E-state index contributed by atoms with van der Waals surface area (Å²) in [6.45, 7) is 6.52. The number of nitrogens with one attached hydrogen (secondary N) is 1. The minimum Gasteiger partial charge on any atom is -0.365 e. The number of hydrogen-bond donors (Lipinski definition) is 1. The van der Waals surface area contributed by atoms with Crippen molar-refractivity contribution in [2.75, 3.05) is 5.32 Å². The molecule has 0 aliphatic heterocycles. The summed E-state index contributed by atoms with van der Waals surface area (Å²) in [6.07, 6.45) is 2.53. The van der Waals surface area contributed by atoms with E-state index in [-0.39, 0.29) is 0 Å². The van der Waals surface area contributed by atoms with Crippen LogP contribution in [0.5, 0.6) is 0 Å². The predicted octanol–water partition coefficient (Wildman–Crippen LogP) is 2.39. The molecule has 1 N–H and O–H groups in total. The Kier molecular flexibility index (Phi) is 2.17. The Bertz CT molecular complexity index is 316. The molecule has 1 aliphatic carbocycles. The molecule has 1 fully saturated rings. The SMILES string of the molecule is Cc1ccc(NC2CCC2(C)C)nn1. The molecular formula is C11H17N3. The van der Waals surface area contributed by atoms with E-state index in [9.17, 15) is 0 Å². The molecule has 0 spiro atoms. The maximum absolute atomic E-state index is 4.10. The minimum absolute atomic E-state index is 0.409. The van der Waals surface area contributed by atoms with Gasteiger partial charge in [-0.1, -0.05) is 13.8 Å². The number of rotatable bonds is 2. The quantitative estimate of drug-likeness (QED) is 0.780. The molecule has 0 aromatic carbocycles. The smallest absolute Gasteiger partial charge is 0.148 e. The van der Waals surface area contributed by atoms with E-state index in [0.717, 1.165) is 11.5 Å². The first kappa shape index (κ1) is 9.44. The lowest BCUT2D eigenvalue weighted by atomic mass is 9.67. The summed E-state index contributed by atoms with van der Waals surface area (Å²) in [5, 5.41) is 11.6. The molecular weight excluding hydrogens is 174 g/mol. The zero-order chi connectivity index (χ0) is 10.2. The van der Waals surface area contributed by atoms with Crippen LogP contribution < -0.4 is 5.32 Å². The third-order valence-corrected chi connectivity index (χ3v) is 3.14. The van der Waals surface area contributed by atoms with Gasteiger partial charge < -0.3 is 5.32 Å². The Morgan fingerprint density at radius 1 is 1.36 bits per heavy atom. The normalized spacial score (nSPS) is 24.1. The Morgan fingerprint density at radius 3 is 2.57 bits per heavy atom. The van der Waals surface area contributed by atoms with Crippen molar-refractivity contribution in [2.24, 2.45) is 5.41 Å². The van der Waals surface area contributed by atoms with Crippen LogP contribution in [0, 0.1) is 12.3 Å². The summed E-state index contributed by atoms with van der Waals surface area (Å²) in [7, 11) is 0. The first-order valence-electron chi connectivity index (χ1n) is 5.15. The van der Waals surface area contributed by atoms with Gasteiger partial charge in [0.1, 0.15) is 5.82 Å². The molecule has 0 saturated heterocycles. The molecule has 1 aliphatic rings. The van der Waals surface area contributed by atoms with Gasteiger partial charge >= 0.3 is 0 Å². The van der Waals surface area contributed by atoms with E-state index >= 15 is 0 Å². The van der Waals surface area contributed by atoms with Crippen LogP contribution in [0.25, 0.3) is 0 Å². The number of aryl methyl sites for hydroxylation is 1. The number of aromatic nitrogens is 2. The minimum atomic E-state index is 0.409. The van der Waals surface area contributed by atoms with Gasteiger partial charge in [-0.2, -0.15) is 5.10 Å². The van der Waals surface area contributed by atoms with Gasteiger partial charge in [-0.15, -0.1) is 5.10 Å². The van der Waals surface area contributed by atoms with E-state index < -0.39 is 0 Å². The molecule has 0 radical (unpaired) electrons. The Morgan fingerprint density at radius 2 is 2.14 bits per heavy atom. The molecule has 76 valence electrons. The second-order valence-electron chi connectivity index (χ2n) is 4.78. The van der Waals surface area contributed by atoms with Gasteiger partial charge in [-0.25, -0.2) is 0 Å². The molecule has 1 heterocycles. The van der Waals surface area contributed by atoms with Crippen molar-refractivity contribution in [3.63, 3.8) is 0 Å². The number of nitrogens with zero attached hydrogens (tertiary/aromatic N) is 2. The summed E-state index contributed by atoms with van der Waals surface area (Å²) in [5.74, 6) is 0.897. The van der Waals surface area contributed by atoms with Crippen molar-refractivity contribution < 1.29 is 0 Å². The van der Waals surface area contributed by atoms with Gasteiger partial charge in [0, 0.05) is 6.04 Å². The highest BCUT2D eigenvalue weighted by Gasteiger charge is 2.38. The van der Waals surface area contributed by atoms with E-state index in [2.05, 4.69) is 29.4 Å². The van der Waals surface area contributed by atoms with Crippen molar-refractivity contribution in [3.8, 4) is 0 Å². The monoisotopic (exact) mass is 191 g/mol. The lowest BCUT2D eigenvalue weighted by Gasteiger charge is -2.45. The van der Waals surface area contributed by atoms with Crippen LogP contribution in [-0.4, -0.2) is 16.2 Å². The maximum Gasteiger partial charge on any atom is 0.148 e. The third kappa shape index (κ3) is 1.72. The third-order valence-electron chi connectivity index (χ3n) is 3.14. The van der Waals surface area contributed by atoms with Gasteiger partial charge in [-0.05, 0) is 37.3 Å². The van der Waals surface area contributed by atoms with Crippen molar-refractivity contribution in [1.82, 2.24) is 10.2 Å². The predicted molar refractivity (Wildman–Crippen MR) is 57.2 cm³/mol. The topological polar surface area (TPSA) is 37.8 Å². The molecule has 1 atom stereocenters. The Balaban J connectivity index is 2.01. The van der Waals surface area contributed by atoms with Crippen molar-refractivity contribution >= 4 is 5.82 Å². The zero-order valence-corrected chi connectivity index (χ0v) is 9.04. The van der Waals surface area contributed by atoms with Crippen molar-refractivity contribution in [3.05, 3.63) is 17.8 Å². The average Bonchev–Trinajstić information content (AvgIpc) is 2.15. The van der Waals surface area contributed by atoms with E-state index in [1.54, 1.807) is 0 Å². The molecule has 0 amide bonds. The fourth-order valence-corrected chi connectivity index (χ4v) is 1.79. The van der Waals surface area contributed by atoms with Gasteiger partial charge in [-0.3, -0.25) is 0 Å². The fraction of sp³-hybridized carbons (Fsp3) is 0.636. The zero-order valence-electron chi connectivity index (χ0n) is 9.04. The first-order chi connectivity index (χ1) is 6.58. The average molecular weight is 191 g/mol. The van der Waals surface area contributed by atoms with Gasteiger partial charge in [0.2, 0.25) is 0 Å². The molecule has 1 saturated carbocycles. The largest absolute Gasteiger partial charge is 0.365 e. The van der Waals surface area contributed by atoms with Crippen LogP contribution >= 0.6 is 0 Å². The molecule has 3 nitrogen and oxygen atoms in total. The van der Waals surface area contributed by atoms with Gasteiger partial charge in [0.05, 0.1) is 5.69 Å². The van der Waals surface area contributed by atoms with Crippen molar-refractivity contribution in [2.45, 2.75) is 39.7 Å². The van der Waals surface area contributed by atoms with Crippen LogP contribution in [0.2, 0.25) is 0 Å². The number of anilines is 1. The fourth-order valence-electron chi connectivity index (χ4n) is 1.79. The van der Waals surface area contributed by atoms with Crippen LogP contribution in [0.3, 0.4) is 0 Å². The van der Waals surface area contributed by atoms with Gasteiger partial charge in [0.25, 0.3) is 0 Å². The lowest BCUT2D eigenvalue weighted by Crippen LogP contribution is -2.45. The van der Waals surface area contributed by atoms with E-state index in [0.29, 0.717) is 11.5 Å². The molecule has 1 aromatic heterocycles. The number of hydrogen-bond acceptors (Lipinski definition) is 3. The molecule has 1 aromatic rings. The van der Waals surface area contributed by atoms with Crippen LogP contribution in [-0.2, 0) is 0 Å². The molecule has 2 rings (SSSR count). The summed E-state index contributed by atoms with van der Waals surface area (Å²) >= 11 is 0. The van der Waals surface area contributed by atoms with E-state index in [4.69, 9.17) is 0 Å². The van der Waals surface area contributed by atoms with Crippen LogP contribution in [0.15, 0.2) is 12.1 Å². The standard InChI is InChI=1S/C11H17N3/c1-8-4-5-10(14-13-8)12-9-6-7-11(9,2)3/h4-5,9H,6-7H2,1-3H3,(H,12,14).